The van der Waals surface area contributed by atoms with Crippen molar-refractivity contribution in [2.24, 2.45) is 21.1 Å². The number of nitrogens with one attached hydrogen (secondary N) is 1. The summed E-state index contributed by atoms with van der Waals surface area (Å²) in [5.74, 6) is -1.16. The Labute approximate surface area is 258 Å². The fraction of sp³-hybridized carbons (Fsp3) is 0.333. The van der Waals surface area contributed by atoms with E-state index in [9.17, 15) is 19.2 Å². The van der Waals surface area contributed by atoms with Gasteiger partial charge in [0.2, 0.25) is 11.8 Å². The lowest BCUT2D eigenvalue weighted by Crippen LogP contribution is -2.10. The number of carbonyl (C=O) groups excluding carboxylic acids is 2. The summed E-state index contributed by atoms with van der Waals surface area (Å²) in [6.45, 7) is 11.1. The number of carboxylic acid groups (broad SMARTS) is 1. The molecular weight excluding hydrogens is 632 g/mol. The number of hydrogen-bond donors (Lipinski definition) is 2. The molecule has 0 aliphatic heterocycles. The number of aromatic amines is 1. The summed E-state index contributed by atoms with van der Waals surface area (Å²) in [7, 11) is 7.39. The van der Waals surface area contributed by atoms with E-state index in [0.29, 0.717) is 25.0 Å². The number of ether oxygens (including phenoxy) is 4. The lowest BCUT2D eigenvalue weighted by molar-refractivity contribution is 0.0584. The Hall–Kier alpha value is -4.86. The highest BCUT2D eigenvalue weighted by Crippen LogP contribution is 2.13. The van der Waals surface area contributed by atoms with Crippen LogP contribution in [0.5, 0.6) is 11.8 Å². The second-order valence-electron chi connectivity index (χ2n) is 7.48. The number of hydrogen-bond acceptors (Lipinski definition) is 10. The topological polar surface area (TPSA) is 182 Å². The van der Waals surface area contributed by atoms with E-state index in [0.717, 1.165) is 5.33 Å². The minimum absolute atomic E-state index is 0. The number of rotatable bonds is 10. The van der Waals surface area contributed by atoms with Crippen molar-refractivity contribution in [1.82, 2.24) is 29.3 Å². The summed E-state index contributed by atoms with van der Waals surface area (Å²) in [6, 6.07) is 4.08. The van der Waals surface area contributed by atoms with Crippen LogP contribution in [0.2, 0.25) is 0 Å². The number of aryl methyl sites for hydroxylation is 3. The Morgan fingerprint density at radius 1 is 0.884 bits per heavy atom. The van der Waals surface area contributed by atoms with Gasteiger partial charge in [-0.05, 0) is 0 Å². The molecule has 0 atom stereocenters. The zero-order chi connectivity index (χ0) is 32.2. The van der Waals surface area contributed by atoms with Gasteiger partial charge in [-0.2, -0.15) is 10.2 Å². The summed E-state index contributed by atoms with van der Waals surface area (Å²) >= 11 is 3.13. The number of allylic oxidation sites excluding steroid dienone is 1. The van der Waals surface area contributed by atoms with E-state index in [1.54, 1.807) is 32.3 Å². The van der Waals surface area contributed by atoms with E-state index < -0.39 is 17.9 Å². The first-order valence-corrected chi connectivity index (χ1v) is 12.9. The van der Waals surface area contributed by atoms with E-state index in [-0.39, 0.29) is 30.1 Å². The molecule has 0 aromatic carbocycles. The quantitative estimate of drug-likeness (QED) is 0.184. The number of esters is 2. The van der Waals surface area contributed by atoms with E-state index in [2.05, 4.69) is 60.4 Å². The van der Waals surface area contributed by atoms with Crippen LogP contribution >= 0.6 is 15.9 Å². The number of methoxy groups -OCH3 is 2. The second kappa shape index (κ2) is 21.8. The summed E-state index contributed by atoms with van der Waals surface area (Å²) in [6.07, 6.45) is 4.98. The number of halogens is 1. The SMILES string of the molecule is C.C=CCBr.C=CCOc1cc(C(=O)O)nn1C.C=CCOc1cc(C(=O)OC)nn1C.COC(=O)c1cc(=O)n(C)[nH]1. The number of alkyl halides is 1. The molecule has 0 aliphatic carbocycles. The van der Waals surface area contributed by atoms with Gasteiger partial charge in [0.25, 0.3) is 5.56 Å². The molecule has 3 aromatic rings. The molecule has 0 unspecified atom stereocenters. The Kier molecular flexibility index (Phi) is 20.4. The second-order valence-corrected chi connectivity index (χ2v) is 8.13. The zero-order valence-electron chi connectivity index (χ0n) is 24.0. The molecule has 238 valence electrons. The molecule has 0 amide bonds. The van der Waals surface area contributed by atoms with Crippen molar-refractivity contribution < 1.29 is 38.4 Å². The number of aromatic carboxylic acids is 1. The molecule has 3 rings (SSSR count). The van der Waals surface area contributed by atoms with E-state index in [1.807, 2.05) is 0 Å². The molecule has 3 heterocycles. The van der Waals surface area contributed by atoms with Crippen LogP contribution in [0.15, 0.2) is 61.0 Å². The minimum atomic E-state index is -1.07. The highest BCUT2D eigenvalue weighted by atomic mass is 79.9. The van der Waals surface area contributed by atoms with Gasteiger partial charge in [-0.1, -0.05) is 54.7 Å². The standard InChI is InChI=1S/C9H12N2O3.C8H10N2O3.C6H8N2O3.C3H5Br.CH4/c1-4-5-14-8-6-7(9(12)13-3)10-11(8)2;1-3-4-13-7-5-6(8(11)12)9-10(7)2;1-8-5(9)3-4(7-8)6(10)11-2;1-2-3-4;/h4,6H,1,5H2,2-3H3;3,5H,1,4H2,2H3,(H,11,12);3,7H,1-2H3;2H,1,3H2;1H4. The molecule has 0 aliphatic rings. The molecule has 0 saturated carbocycles. The zero-order valence-corrected chi connectivity index (χ0v) is 25.6. The van der Waals surface area contributed by atoms with Gasteiger partial charge in [0.15, 0.2) is 11.4 Å². The number of carbonyl (C=O) groups is 3. The van der Waals surface area contributed by atoms with Crippen molar-refractivity contribution in [3.63, 3.8) is 0 Å². The average Bonchev–Trinajstić information content (AvgIpc) is 3.66. The van der Waals surface area contributed by atoms with Crippen molar-refractivity contribution in [3.8, 4) is 11.8 Å². The van der Waals surface area contributed by atoms with Gasteiger partial charge < -0.3 is 24.1 Å². The Balaban J connectivity index is 0. The normalized spacial score (nSPS) is 9.07. The van der Waals surface area contributed by atoms with Crippen LogP contribution in [-0.2, 0) is 30.6 Å². The average molecular weight is 672 g/mol. The maximum atomic E-state index is 11.1. The first-order valence-electron chi connectivity index (χ1n) is 11.8. The third-order valence-electron chi connectivity index (χ3n) is 4.39. The molecule has 2 N–H and O–H groups in total. The first kappa shape index (κ1) is 40.3. The Bertz CT molecular complexity index is 1390. The summed E-state index contributed by atoms with van der Waals surface area (Å²) < 4.78 is 23.3. The fourth-order valence-electron chi connectivity index (χ4n) is 2.47. The van der Waals surface area contributed by atoms with E-state index in [1.165, 1.54) is 53.5 Å². The summed E-state index contributed by atoms with van der Waals surface area (Å²) in [5.41, 5.74) is 0.112. The summed E-state index contributed by atoms with van der Waals surface area (Å²) in [4.78, 5) is 43.1. The number of nitrogens with zero attached hydrogens (tertiary/aromatic N) is 5. The maximum Gasteiger partial charge on any atom is 0.358 e. The highest BCUT2D eigenvalue weighted by Gasteiger charge is 2.13. The van der Waals surface area contributed by atoms with Crippen LogP contribution in [0.1, 0.15) is 38.9 Å². The van der Waals surface area contributed by atoms with Crippen LogP contribution < -0.4 is 15.0 Å². The van der Waals surface area contributed by atoms with Crippen LogP contribution in [-0.4, -0.2) is 85.1 Å². The minimum Gasteiger partial charge on any atom is -0.476 e. The fourth-order valence-corrected chi connectivity index (χ4v) is 2.47. The van der Waals surface area contributed by atoms with E-state index >= 15 is 0 Å². The third kappa shape index (κ3) is 14.6. The lowest BCUT2D eigenvalue weighted by Gasteiger charge is -2.00. The summed E-state index contributed by atoms with van der Waals surface area (Å²) in [5, 5.41) is 19.7. The van der Waals surface area contributed by atoms with Crippen molar-refractivity contribution >= 4 is 33.8 Å². The van der Waals surface area contributed by atoms with Gasteiger partial charge in [0.1, 0.15) is 18.9 Å². The van der Waals surface area contributed by atoms with Crippen molar-refractivity contribution in [1.29, 1.82) is 0 Å². The van der Waals surface area contributed by atoms with Gasteiger partial charge in [0.05, 0.1) is 14.2 Å². The van der Waals surface area contributed by atoms with Gasteiger partial charge in [0, 0.05) is 44.7 Å². The number of aromatic nitrogens is 6. The highest BCUT2D eigenvalue weighted by molar-refractivity contribution is 9.09. The lowest BCUT2D eigenvalue weighted by atomic mass is 10.4. The molecule has 0 saturated heterocycles. The molecule has 0 bridgehead atoms. The van der Waals surface area contributed by atoms with E-state index in [4.69, 9.17) is 14.6 Å². The molecule has 0 spiro atoms. The van der Waals surface area contributed by atoms with Gasteiger partial charge in [-0.15, -0.1) is 6.58 Å². The predicted octanol–water partition coefficient (Wildman–Crippen LogP) is 3.16. The predicted molar refractivity (Wildman–Crippen MR) is 164 cm³/mol. The monoisotopic (exact) mass is 670 g/mol. The van der Waals surface area contributed by atoms with Crippen LogP contribution in [0.3, 0.4) is 0 Å². The van der Waals surface area contributed by atoms with Crippen LogP contribution in [0, 0.1) is 0 Å². The largest absolute Gasteiger partial charge is 0.476 e. The number of carboxylic acids is 1. The van der Waals surface area contributed by atoms with Crippen LogP contribution in [0.25, 0.3) is 0 Å². The molecule has 0 radical (unpaired) electrons. The van der Waals surface area contributed by atoms with Gasteiger partial charge in [-0.3, -0.25) is 14.6 Å². The molecule has 0 fully saturated rings. The molecule has 15 nitrogen and oxygen atoms in total. The van der Waals surface area contributed by atoms with Crippen molar-refractivity contribution in [2.75, 3.05) is 32.8 Å². The molecule has 16 heteroatoms. The molecular formula is C27H39BrN6O9. The van der Waals surface area contributed by atoms with Crippen LogP contribution in [0.4, 0.5) is 0 Å². The maximum absolute atomic E-state index is 11.1. The molecule has 43 heavy (non-hydrogen) atoms. The smallest absolute Gasteiger partial charge is 0.358 e. The first-order chi connectivity index (χ1) is 19.9. The third-order valence-corrected chi connectivity index (χ3v) is 4.84. The van der Waals surface area contributed by atoms with Gasteiger partial charge >= 0.3 is 17.9 Å². The Morgan fingerprint density at radius 3 is 1.65 bits per heavy atom. The van der Waals surface area contributed by atoms with Crippen molar-refractivity contribution in [3.05, 3.63) is 83.6 Å². The van der Waals surface area contributed by atoms with Gasteiger partial charge in [-0.25, -0.2) is 23.7 Å². The Morgan fingerprint density at radius 2 is 1.33 bits per heavy atom. The number of H-pyrrole nitrogens is 1. The van der Waals surface area contributed by atoms with Crippen molar-refractivity contribution in [2.45, 2.75) is 7.43 Å². The molecule has 3 aromatic heterocycles.